The van der Waals surface area contributed by atoms with Crippen molar-refractivity contribution >= 4 is 11.8 Å². The highest BCUT2D eigenvalue weighted by atomic mass is 19.4. The van der Waals surface area contributed by atoms with Crippen LogP contribution in [0.15, 0.2) is 0 Å². The lowest BCUT2D eigenvalue weighted by Gasteiger charge is -2.47. The van der Waals surface area contributed by atoms with Crippen molar-refractivity contribution in [3.8, 4) is 0 Å². The Bertz CT molecular complexity index is 392. The van der Waals surface area contributed by atoms with Crippen LogP contribution in [0.4, 0.5) is 13.2 Å². The van der Waals surface area contributed by atoms with Crippen molar-refractivity contribution in [1.82, 2.24) is 10.2 Å². The monoisotopic (exact) mass is 308 g/mol. The van der Waals surface area contributed by atoms with Crippen LogP contribution in [0, 0.1) is 0 Å². The molecule has 0 aromatic rings. The molecule has 1 heterocycles. The van der Waals surface area contributed by atoms with Gasteiger partial charge in [-0.15, -0.1) is 0 Å². The first-order chi connectivity index (χ1) is 9.71. The summed E-state index contributed by atoms with van der Waals surface area (Å²) in [5.41, 5.74) is -1.02. The minimum Gasteiger partial charge on any atom is -0.342 e. The molecule has 0 aromatic heterocycles. The maximum absolute atomic E-state index is 12.4. The van der Waals surface area contributed by atoms with Crippen LogP contribution in [0.2, 0.25) is 0 Å². The molecule has 0 bridgehead atoms. The zero-order valence-corrected chi connectivity index (χ0v) is 12.7. The molecule has 122 valence electrons. The number of hydrogen-bond donors (Lipinski definition) is 1. The number of alkyl halides is 3. The Kier molecular flexibility index (Phi) is 5.64. The van der Waals surface area contributed by atoms with Gasteiger partial charge in [-0.3, -0.25) is 9.59 Å². The van der Waals surface area contributed by atoms with Crippen molar-refractivity contribution in [1.29, 1.82) is 0 Å². The number of carbonyl (C=O) groups is 2. The summed E-state index contributed by atoms with van der Waals surface area (Å²) in [6, 6.07) is -0.630. The van der Waals surface area contributed by atoms with E-state index in [1.54, 1.807) is 20.8 Å². The van der Waals surface area contributed by atoms with Gasteiger partial charge in [0.15, 0.2) is 0 Å². The van der Waals surface area contributed by atoms with Gasteiger partial charge in [-0.25, -0.2) is 0 Å². The second-order valence-electron chi connectivity index (χ2n) is 5.38. The van der Waals surface area contributed by atoms with E-state index in [0.29, 0.717) is 19.3 Å². The normalized spacial score (nSPS) is 22.4. The highest BCUT2D eigenvalue weighted by molar-refractivity contribution is 5.99. The first kappa shape index (κ1) is 17.8. The Hall–Kier alpha value is -1.27. The Morgan fingerprint density at radius 3 is 2.19 bits per heavy atom. The molecule has 2 amide bonds. The van der Waals surface area contributed by atoms with Crippen LogP contribution in [-0.2, 0) is 9.59 Å². The van der Waals surface area contributed by atoms with Crippen molar-refractivity contribution < 1.29 is 22.8 Å². The van der Waals surface area contributed by atoms with E-state index in [2.05, 4.69) is 5.32 Å². The summed E-state index contributed by atoms with van der Waals surface area (Å²) in [5, 5.41) is 2.69. The molecule has 1 atom stereocenters. The predicted octanol–water partition coefficient (Wildman–Crippen LogP) is 2.62. The molecular formula is C14H23F3N2O2. The summed E-state index contributed by atoms with van der Waals surface area (Å²) in [6.45, 7) is 5.28. The summed E-state index contributed by atoms with van der Waals surface area (Å²) in [6.07, 6.45) is -4.15. The molecule has 0 radical (unpaired) electrons. The van der Waals surface area contributed by atoms with Gasteiger partial charge in [-0.2, -0.15) is 13.2 Å². The third-order valence-corrected chi connectivity index (χ3v) is 4.23. The molecule has 0 spiro atoms. The van der Waals surface area contributed by atoms with Crippen molar-refractivity contribution in [3.63, 3.8) is 0 Å². The van der Waals surface area contributed by atoms with Crippen LogP contribution in [0.5, 0.6) is 0 Å². The second-order valence-corrected chi connectivity index (χ2v) is 5.38. The smallest absolute Gasteiger partial charge is 0.342 e. The second kappa shape index (κ2) is 6.66. The Balaban J connectivity index is 2.94. The molecule has 0 aliphatic carbocycles. The summed E-state index contributed by atoms with van der Waals surface area (Å²) >= 11 is 0. The van der Waals surface area contributed by atoms with Crippen LogP contribution >= 0.6 is 0 Å². The average molecular weight is 308 g/mol. The molecule has 0 saturated carbocycles. The zero-order chi connectivity index (χ0) is 16.3. The van der Waals surface area contributed by atoms with E-state index in [1.165, 1.54) is 4.90 Å². The number of hydrogen-bond acceptors (Lipinski definition) is 2. The summed E-state index contributed by atoms with van der Waals surface area (Å²) in [5.74, 6) is -0.533. The molecule has 1 unspecified atom stereocenters. The summed E-state index contributed by atoms with van der Waals surface area (Å²) < 4.78 is 36.9. The van der Waals surface area contributed by atoms with Gasteiger partial charge in [0.05, 0.1) is 0 Å². The molecule has 4 nitrogen and oxygen atoms in total. The van der Waals surface area contributed by atoms with Crippen LogP contribution in [0.3, 0.4) is 0 Å². The first-order valence-corrected chi connectivity index (χ1v) is 7.41. The molecule has 1 aliphatic heterocycles. The highest BCUT2D eigenvalue weighted by Gasteiger charge is 2.49. The molecule has 0 aromatic carbocycles. The van der Waals surface area contributed by atoms with Crippen LogP contribution in [-0.4, -0.2) is 41.0 Å². The Morgan fingerprint density at radius 1 is 1.19 bits per heavy atom. The molecular weight excluding hydrogens is 285 g/mol. The Morgan fingerprint density at radius 2 is 1.76 bits per heavy atom. The molecule has 1 aliphatic rings. The van der Waals surface area contributed by atoms with Gasteiger partial charge in [-0.1, -0.05) is 20.8 Å². The number of amides is 2. The third-order valence-electron chi connectivity index (χ3n) is 4.23. The summed E-state index contributed by atoms with van der Waals surface area (Å²) in [7, 11) is 0. The van der Waals surface area contributed by atoms with E-state index in [9.17, 15) is 22.8 Å². The minimum atomic E-state index is -4.24. The van der Waals surface area contributed by atoms with Crippen molar-refractivity contribution in [2.45, 2.75) is 70.6 Å². The van der Waals surface area contributed by atoms with Gasteiger partial charge in [0, 0.05) is 13.0 Å². The third kappa shape index (κ3) is 3.68. The van der Waals surface area contributed by atoms with Gasteiger partial charge in [0.25, 0.3) is 0 Å². The predicted molar refractivity (Wildman–Crippen MR) is 72.5 cm³/mol. The average Bonchev–Trinajstić information content (AvgIpc) is 2.41. The van der Waals surface area contributed by atoms with Crippen LogP contribution < -0.4 is 5.32 Å². The van der Waals surface area contributed by atoms with E-state index in [1.807, 2.05) is 0 Å². The lowest BCUT2D eigenvalue weighted by Crippen LogP contribution is -2.70. The topological polar surface area (TPSA) is 49.4 Å². The molecule has 1 saturated heterocycles. The van der Waals surface area contributed by atoms with Gasteiger partial charge in [0.1, 0.15) is 11.6 Å². The first-order valence-electron chi connectivity index (χ1n) is 7.41. The van der Waals surface area contributed by atoms with E-state index in [0.717, 1.165) is 0 Å². The fourth-order valence-electron chi connectivity index (χ4n) is 2.87. The Labute approximate surface area is 123 Å². The number of rotatable bonds is 6. The van der Waals surface area contributed by atoms with Gasteiger partial charge >= 0.3 is 6.18 Å². The van der Waals surface area contributed by atoms with E-state index < -0.39 is 24.2 Å². The van der Waals surface area contributed by atoms with E-state index >= 15 is 0 Å². The summed E-state index contributed by atoms with van der Waals surface area (Å²) in [4.78, 5) is 26.1. The molecule has 1 rings (SSSR count). The number of nitrogens with zero attached hydrogens (tertiary/aromatic N) is 1. The number of piperazine rings is 1. The van der Waals surface area contributed by atoms with Crippen molar-refractivity contribution in [3.05, 3.63) is 0 Å². The molecule has 1 N–H and O–H groups in total. The maximum Gasteiger partial charge on any atom is 0.389 e. The fourth-order valence-corrected chi connectivity index (χ4v) is 2.87. The number of halogens is 3. The fraction of sp³-hybridized carbons (Fsp3) is 0.857. The minimum absolute atomic E-state index is 0.0378. The highest BCUT2D eigenvalue weighted by Crippen LogP contribution is 2.31. The standard InChI is InChI=1S/C14H23F3N2O2/c1-4-10-11(20)19(9-7-8-14(15,16)17)13(5-2,6-3)12(21)18-10/h10H,4-9H2,1-3H3,(H,18,21). The lowest BCUT2D eigenvalue weighted by atomic mass is 9.85. The van der Waals surface area contributed by atoms with E-state index in [-0.39, 0.29) is 24.8 Å². The van der Waals surface area contributed by atoms with E-state index in [4.69, 9.17) is 0 Å². The van der Waals surface area contributed by atoms with Crippen LogP contribution in [0.25, 0.3) is 0 Å². The molecule has 21 heavy (non-hydrogen) atoms. The quantitative estimate of drug-likeness (QED) is 0.820. The van der Waals surface area contributed by atoms with Crippen molar-refractivity contribution in [2.24, 2.45) is 0 Å². The van der Waals surface area contributed by atoms with Gasteiger partial charge in [-0.05, 0) is 25.7 Å². The number of carbonyl (C=O) groups excluding carboxylic acids is 2. The zero-order valence-electron chi connectivity index (χ0n) is 12.7. The molecule has 1 fully saturated rings. The van der Waals surface area contributed by atoms with Crippen LogP contribution in [0.1, 0.15) is 52.9 Å². The lowest BCUT2D eigenvalue weighted by molar-refractivity contribution is -0.160. The molecule has 7 heteroatoms. The largest absolute Gasteiger partial charge is 0.389 e. The SMILES string of the molecule is CCC1NC(=O)C(CC)(CC)N(CCCC(F)(F)F)C1=O. The maximum atomic E-state index is 12.4. The van der Waals surface area contributed by atoms with Crippen molar-refractivity contribution in [2.75, 3.05) is 6.54 Å². The van der Waals surface area contributed by atoms with Gasteiger partial charge < -0.3 is 10.2 Å². The van der Waals surface area contributed by atoms with Gasteiger partial charge in [0.2, 0.25) is 11.8 Å². The number of nitrogens with one attached hydrogen (secondary N) is 1.